The van der Waals surface area contributed by atoms with Crippen molar-refractivity contribution < 1.29 is 92.5 Å². The van der Waals surface area contributed by atoms with Crippen LogP contribution in [0.15, 0.2) is 0 Å². The number of hydrogen-bond donors (Lipinski definition) is 0. The Kier molecular flexibility index (Phi) is 4990000. The van der Waals surface area contributed by atoms with Gasteiger partial charge in [0.1, 0.15) is 0 Å². The summed E-state index contributed by atoms with van der Waals surface area (Å²) in [5, 5.41) is 0. The van der Waals surface area contributed by atoms with Gasteiger partial charge in [-0.2, -0.15) is 0 Å². The molecule has 14 heteroatoms. The first kappa shape index (κ1) is 139. The summed E-state index contributed by atoms with van der Waals surface area (Å²) in [4.78, 5) is 0. The molecule has 0 rings (SSSR count). The molecular formula is C9H2Co2FeO9S2. The molecule has 0 atom stereocenters. The van der Waals surface area contributed by atoms with Crippen molar-refractivity contribution in [1.82, 2.24) is 0 Å². The molecule has 0 heterocycles. The quantitative estimate of drug-likeness (QED) is 0.140. The van der Waals surface area contributed by atoms with E-state index in [0.717, 1.165) is 0 Å². The van der Waals surface area contributed by atoms with Crippen LogP contribution in [0.4, 0.5) is 0 Å². The molecule has 0 aliphatic heterocycles. The van der Waals surface area contributed by atoms with Crippen LogP contribution in [0, 0.1) is 59.9 Å². The minimum Gasteiger partial charge on any atom is -0.813 e. The van der Waals surface area contributed by atoms with Gasteiger partial charge in [0.15, 0.2) is 0 Å². The van der Waals surface area contributed by atoms with Crippen molar-refractivity contribution in [3.8, 4) is 0 Å². The SMILES string of the molecule is [C-]#[O+].[C-]#[O+].[C-]#[O+].[C-]#[O+].[C-]#[O+].[C-]#[O+].[C-]#[O+].[C-]#[O+].[C-]#[O+].[Co+2].[Co].[Fe].[SH-].[SH-]. The predicted octanol–water partition coefficient (Wildman–Crippen LogP) is -0.885. The maximum atomic E-state index is 7.50. The summed E-state index contributed by atoms with van der Waals surface area (Å²) in [6.07, 6.45) is 0. The van der Waals surface area contributed by atoms with Gasteiger partial charge in [-0.3, -0.25) is 0 Å². The van der Waals surface area contributed by atoms with Crippen molar-refractivity contribution in [2.75, 3.05) is 0 Å². The Bertz CT molecular complexity index is 171. The van der Waals surface area contributed by atoms with Crippen LogP contribution in [-0.2, 0) is 119 Å². The van der Waals surface area contributed by atoms with Crippen LogP contribution in [0.3, 0.4) is 0 Å². The van der Waals surface area contributed by atoms with E-state index in [9.17, 15) is 0 Å². The molecule has 0 N–H and O–H groups in total. The van der Waals surface area contributed by atoms with Gasteiger partial charge in [0.2, 0.25) is 0 Å². The van der Waals surface area contributed by atoms with Crippen LogP contribution in [0.25, 0.3) is 0 Å². The zero-order chi connectivity index (χ0) is 18.0. The molecular weight excluding hydrogens is 490 g/mol. The molecule has 0 unspecified atom stereocenters. The number of hydrogen-bond acceptors (Lipinski definition) is 2. The molecule has 0 bridgehead atoms. The van der Waals surface area contributed by atoms with Crippen molar-refractivity contribution in [3.63, 3.8) is 0 Å². The third-order valence-electron chi connectivity index (χ3n) is 0. The molecule has 130 valence electrons. The largest absolute Gasteiger partial charge is 2.00 e. The second kappa shape index (κ2) is 826000. The Morgan fingerprint density at radius 3 is 0.304 bits per heavy atom. The summed E-state index contributed by atoms with van der Waals surface area (Å²) in [5.41, 5.74) is 0. The second-order valence-corrected chi connectivity index (χ2v) is 0. The topological polar surface area (TPSA) is 179 Å². The van der Waals surface area contributed by atoms with E-state index in [1.54, 1.807) is 0 Å². The van der Waals surface area contributed by atoms with E-state index in [-0.39, 0.29) is 77.6 Å². The Balaban J connectivity index is -0.00000000321. The van der Waals surface area contributed by atoms with Crippen molar-refractivity contribution in [2.45, 2.75) is 0 Å². The Labute approximate surface area is 178 Å². The van der Waals surface area contributed by atoms with E-state index >= 15 is 0 Å². The fraction of sp³-hybridized carbons (Fsp3) is 0. The van der Waals surface area contributed by atoms with Gasteiger partial charge in [0.25, 0.3) is 0 Å². The zero-order valence-corrected chi connectivity index (χ0v) is 15.1. The minimum atomic E-state index is 0. The van der Waals surface area contributed by atoms with Gasteiger partial charge in [-0.1, -0.05) is 0 Å². The molecule has 0 aromatic rings. The van der Waals surface area contributed by atoms with E-state index in [0.29, 0.717) is 0 Å². The predicted molar refractivity (Wildman–Crippen MR) is 52.9 cm³/mol. The second-order valence-electron chi connectivity index (χ2n) is 0. The summed E-state index contributed by atoms with van der Waals surface area (Å²) in [5.74, 6) is 0. The van der Waals surface area contributed by atoms with Crippen LogP contribution >= 0.6 is 0 Å². The molecule has 0 saturated heterocycles. The summed E-state index contributed by atoms with van der Waals surface area (Å²) in [6.45, 7) is 40.5. The summed E-state index contributed by atoms with van der Waals surface area (Å²) in [6, 6.07) is 0. The average Bonchev–Trinajstić information content (AvgIpc) is 2.63. The van der Waals surface area contributed by atoms with Crippen molar-refractivity contribution >= 4 is 27.0 Å². The smallest absolute Gasteiger partial charge is 0.813 e. The molecule has 0 saturated carbocycles. The fourth-order valence-electron chi connectivity index (χ4n) is 0. The fourth-order valence-corrected chi connectivity index (χ4v) is 0. The molecule has 0 aliphatic rings. The monoisotopic (exact) mass is 492 g/mol. The molecule has 2 radical (unpaired) electrons. The van der Waals surface area contributed by atoms with Crippen LogP contribution in [0.2, 0.25) is 0 Å². The Morgan fingerprint density at radius 1 is 0.304 bits per heavy atom. The normalized spacial score (nSPS) is 0.783. The van der Waals surface area contributed by atoms with E-state index < -0.39 is 0 Å². The van der Waals surface area contributed by atoms with Gasteiger partial charge >= 0.3 is 119 Å². The van der Waals surface area contributed by atoms with Gasteiger partial charge in [0.05, 0.1) is 0 Å². The first-order valence-electron chi connectivity index (χ1n) is 1.84. The molecule has 0 aromatic heterocycles. The van der Waals surface area contributed by atoms with Gasteiger partial charge in [-0.15, -0.1) is 0 Å². The third-order valence-corrected chi connectivity index (χ3v) is 0. The van der Waals surface area contributed by atoms with Crippen LogP contribution in [0.1, 0.15) is 0 Å². The first-order chi connectivity index (χ1) is 9.00. The average molecular weight is 492 g/mol. The third kappa shape index (κ3) is 749000. The summed E-state index contributed by atoms with van der Waals surface area (Å²) in [7, 11) is 0. The first-order valence-corrected chi connectivity index (χ1v) is 1.84. The van der Waals surface area contributed by atoms with E-state index in [1.165, 1.54) is 0 Å². The maximum absolute atomic E-state index is 7.50. The molecule has 0 amide bonds. The van der Waals surface area contributed by atoms with Crippen molar-refractivity contribution in [1.29, 1.82) is 0 Å². The minimum absolute atomic E-state index is 0. The van der Waals surface area contributed by atoms with Crippen LogP contribution in [-0.4, -0.2) is 0 Å². The molecule has 0 aromatic carbocycles. The summed E-state index contributed by atoms with van der Waals surface area (Å²) < 4.78 is 67.5. The van der Waals surface area contributed by atoms with E-state index in [4.69, 9.17) is 41.9 Å². The van der Waals surface area contributed by atoms with Crippen molar-refractivity contribution in [2.24, 2.45) is 0 Å². The number of thiol groups is 2. The zero-order valence-electron chi connectivity index (χ0n) is 10.1. The molecule has 9 nitrogen and oxygen atoms in total. The molecule has 0 spiro atoms. The van der Waals surface area contributed by atoms with E-state index in [1.807, 2.05) is 0 Å². The van der Waals surface area contributed by atoms with E-state index in [2.05, 4.69) is 59.9 Å². The van der Waals surface area contributed by atoms with Gasteiger partial charge in [-0.25, -0.2) is 0 Å². The molecule has 0 fully saturated rings. The number of rotatable bonds is 0. The van der Waals surface area contributed by atoms with Gasteiger partial charge < -0.3 is 27.0 Å². The van der Waals surface area contributed by atoms with Gasteiger partial charge in [0, 0.05) is 33.8 Å². The van der Waals surface area contributed by atoms with Crippen LogP contribution < -0.4 is 0 Å². The van der Waals surface area contributed by atoms with Crippen molar-refractivity contribution in [3.05, 3.63) is 59.9 Å². The summed E-state index contributed by atoms with van der Waals surface area (Å²) >= 11 is 0. The Morgan fingerprint density at radius 2 is 0.304 bits per heavy atom. The molecule has 0 aliphatic carbocycles. The standard InChI is InChI=1S/9CO.2Co.Fe.2H2S/c9*1-2;;;;;/h;;;;;;;;;;;;2*1H2/q;;;;;;;;;;+2;;;/p-2. The maximum Gasteiger partial charge on any atom is 2.00 e. The molecule has 23 heavy (non-hydrogen) atoms. The van der Waals surface area contributed by atoms with Gasteiger partial charge in [-0.05, 0) is 0 Å². The Hall–Kier alpha value is -0.108. The van der Waals surface area contributed by atoms with Crippen LogP contribution in [0.5, 0.6) is 0 Å².